The minimum Gasteiger partial charge on any atom is -0.462 e. The predicted molar refractivity (Wildman–Crippen MR) is 256 cm³/mol. The summed E-state index contributed by atoms with van der Waals surface area (Å²) < 4.78 is 54.2. The predicted octanol–water partition coefficient (Wildman–Crippen LogP) is 10.9. The highest BCUT2D eigenvalue weighted by atomic mass is 32.2. The molecule has 0 aliphatic carbocycles. The Morgan fingerprint density at radius 2 is 1.00 bits per heavy atom. The molecule has 4 N–H and O–H groups in total. The molecule has 0 bridgehead atoms. The van der Waals surface area contributed by atoms with E-state index in [0.717, 1.165) is 57.8 Å². The van der Waals surface area contributed by atoms with Crippen molar-refractivity contribution < 1.29 is 56.8 Å². The van der Waals surface area contributed by atoms with Crippen molar-refractivity contribution in [2.24, 2.45) is 0 Å². The molecule has 0 saturated carbocycles. The van der Waals surface area contributed by atoms with Crippen LogP contribution >= 0.6 is 0 Å². The van der Waals surface area contributed by atoms with Crippen molar-refractivity contribution in [2.45, 2.75) is 230 Å². The Hall–Kier alpha value is -2.65. The summed E-state index contributed by atoms with van der Waals surface area (Å²) in [7, 11) is -4.61. The van der Waals surface area contributed by atoms with Crippen molar-refractivity contribution in [1.82, 2.24) is 0 Å². The van der Waals surface area contributed by atoms with Gasteiger partial charge in [0.2, 0.25) is 0 Å². The van der Waals surface area contributed by atoms with Gasteiger partial charge in [-0.15, -0.1) is 0 Å². The second-order valence-electron chi connectivity index (χ2n) is 17.2. The lowest BCUT2D eigenvalue weighted by Gasteiger charge is -2.40. The number of unbranched alkanes of at least 4 members (excludes halogenated alkanes) is 22. The van der Waals surface area contributed by atoms with Crippen molar-refractivity contribution in [3.8, 4) is 0 Å². The number of esters is 2. The Labute approximate surface area is 387 Å². The van der Waals surface area contributed by atoms with Gasteiger partial charge in [0.25, 0.3) is 10.1 Å². The molecule has 0 amide bonds. The summed E-state index contributed by atoms with van der Waals surface area (Å²) in [6, 6.07) is 0. The van der Waals surface area contributed by atoms with Crippen LogP contribution in [-0.2, 0) is 38.7 Å². The fourth-order valence-corrected chi connectivity index (χ4v) is 8.02. The van der Waals surface area contributed by atoms with E-state index in [1.165, 1.54) is 96.3 Å². The van der Waals surface area contributed by atoms with Crippen LogP contribution in [0.15, 0.2) is 60.8 Å². The zero-order valence-electron chi connectivity index (χ0n) is 39.6. The molecule has 2 unspecified atom stereocenters. The van der Waals surface area contributed by atoms with Gasteiger partial charge in [0, 0.05) is 12.8 Å². The zero-order valence-corrected chi connectivity index (χ0v) is 40.4. The van der Waals surface area contributed by atoms with Crippen LogP contribution < -0.4 is 0 Å². The molecule has 1 heterocycles. The molecular weight excluding hydrogens is 837 g/mol. The van der Waals surface area contributed by atoms with E-state index in [4.69, 9.17) is 18.9 Å². The van der Waals surface area contributed by atoms with E-state index in [2.05, 4.69) is 38.2 Å². The maximum absolute atomic E-state index is 12.9. The second-order valence-corrected chi connectivity index (χ2v) is 18.7. The average Bonchev–Trinajstić information content (AvgIpc) is 3.26. The Kier molecular flexibility index (Phi) is 37.7. The van der Waals surface area contributed by atoms with Crippen molar-refractivity contribution in [3.05, 3.63) is 60.8 Å². The molecule has 1 saturated heterocycles. The number of aliphatic hydroxyl groups is 3. The third-order valence-electron chi connectivity index (χ3n) is 11.2. The molecule has 12 nitrogen and oxygen atoms in total. The summed E-state index contributed by atoms with van der Waals surface area (Å²) in [5.41, 5.74) is 0. The Morgan fingerprint density at radius 1 is 0.547 bits per heavy atom. The van der Waals surface area contributed by atoms with Crippen LogP contribution in [0.25, 0.3) is 0 Å². The molecule has 0 aromatic heterocycles. The van der Waals surface area contributed by atoms with Gasteiger partial charge in [0.15, 0.2) is 12.4 Å². The highest BCUT2D eigenvalue weighted by Crippen LogP contribution is 2.24. The molecule has 64 heavy (non-hydrogen) atoms. The van der Waals surface area contributed by atoms with Gasteiger partial charge in [-0.25, -0.2) is 0 Å². The summed E-state index contributed by atoms with van der Waals surface area (Å²) >= 11 is 0. The smallest absolute Gasteiger partial charge is 0.306 e. The maximum Gasteiger partial charge on any atom is 0.306 e. The van der Waals surface area contributed by atoms with Crippen LogP contribution in [0.1, 0.15) is 194 Å². The largest absolute Gasteiger partial charge is 0.462 e. The van der Waals surface area contributed by atoms with Crippen LogP contribution in [0.2, 0.25) is 0 Å². The number of carbonyl (C=O) groups is 2. The first-order chi connectivity index (χ1) is 31.0. The second kappa shape index (κ2) is 40.6. The SMILES string of the molecule is CC/C=C/C=C/C=C/C=C/CCCCCCCC(=O)OC[C@H](CO[C@H]1O[C@H](CS(=O)(=O)O)[C@@H](O)C(O)C1O)OC(=O)CCCCCCCCCCCCC/C=C/CCCCCCCC. The number of rotatable bonds is 41. The van der Waals surface area contributed by atoms with E-state index in [1.807, 2.05) is 36.5 Å². The van der Waals surface area contributed by atoms with E-state index in [0.29, 0.717) is 12.8 Å². The van der Waals surface area contributed by atoms with E-state index in [9.17, 15) is 37.9 Å². The molecule has 13 heteroatoms. The summed E-state index contributed by atoms with van der Waals surface area (Å²) in [5.74, 6) is -2.02. The van der Waals surface area contributed by atoms with Crippen LogP contribution in [-0.4, -0.2) is 96.0 Å². The van der Waals surface area contributed by atoms with E-state index in [-0.39, 0.29) is 19.4 Å². The molecule has 1 aliphatic heterocycles. The van der Waals surface area contributed by atoms with Crippen LogP contribution in [0, 0.1) is 0 Å². The molecule has 370 valence electrons. The molecule has 1 aliphatic rings. The molecule has 0 radical (unpaired) electrons. The first-order valence-corrected chi connectivity index (χ1v) is 26.5. The van der Waals surface area contributed by atoms with Crippen LogP contribution in [0.5, 0.6) is 0 Å². The van der Waals surface area contributed by atoms with Gasteiger partial charge < -0.3 is 34.3 Å². The van der Waals surface area contributed by atoms with Crippen molar-refractivity contribution in [1.29, 1.82) is 0 Å². The molecular formula is C51H88O12S. The van der Waals surface area contributed by atoms with Gasteiger partial charge in [-0.2, -0.15) is 8.42 Å². The van der Waals surface area contributed by atoms with E-state index >= 15 is 0 Å². The zero-order chi connectivity index (χ0) is 46.9. The Balaban J connectivity index is 2.39. The van der Waals surface area contributed by atoms with Gasteiger partial charge in [-0.3, -0.25) is 14.1 Å². The number of hydrogen-bond donors (Lipinski definition) is 4. The topological polar surface area (TPSA) is 186 Å². The highest BCUT2D eigenvalue weighted by Gasteiger charge is 2.46. The number of aliphatic hydroxyl groups excluding tert-OH is 3. The molecule has 1 fully saturated rings. The van der Waals surface area contributed by atoms with Gasteiger partial charge in [0.05, 0.1) is 6.61 Å². The standard InChI is InChI=1S/C51H88O12S/c1-3-5-7-9-11-13-15-17-19-20-21-22-23-24-26-28-30-32-34-36-38-40-47(53)62-44(42-61-51-50(56)49(55)48(54)45(63-51)43-64(57,58)59)41-60-46(52)39-37-35-33-31-29-27-25-18-16-14-12-10-8-6-4-2/h6,8,10,12,14,16-19,25,44-45,48-51,54-56H,3-5,7,9,11,13,15,20-24,26-43H2,1-2H3,(H,57,58,59)/b8-6+,12-10+,16-14+,19-17+,25-18+/t44-,45-,48-,49?,50?,51+/m1/s1. The minimum atomic E-state index is -4.61. The summed E-state index contributed by atoms with van der Waals surface area (Å²) in [5, 5.41) is 30.9. The van der Waals surface area contributed by atoms with Crippen LogP contribution in [0.3, 0.4) is 0 Å². The summed E-state index contributed by atoms with van der Waals surface area (Å²) in [4.78, 5) is 25.5. The number of hydrogen-bond acceptors (Lipinski definition) is 11. The lowest BCUT2D eigenvalue weighted by atomic mass is 10.00. The number of carbonyl (C=O) groups excluding carboxylic acids is 2. The normalized spacial score (nSPS) is 20.1. The summed E-state index contributed by atoms with van der Waals surface area (Å²) in [6.07, 6.45) is 41.2. The summed E-state index contributed by atoms with van der Waals surface area (Å²) in [6.45, 7) is 3.61. The van der Waals surface area contributed by atoms with Gasteiger partial charge in [0.1, 0.15) is 36.8 Å². The van der Waals surface area contributed by atoms with Crippen molar-refractivity contribution in [3.63, 3.8) is 0 Å². The van der Waals surface area contributed by atoms with E-state index in [1.54, 1.807) is 0 Å². The molecule has 0 aromatic rings. The molecule has 6 atom stereocenters. The van der Waals surface area contributed by atoms with Crippen LogP contribution in [0.4, 0.5) is 0 Å². The Bertz CT molecular complexity index is 1410. The van der Waals surface area contributed by atoms with E-state index < -0.39 is 71.2 Å². The fraction of sp³-hybridized carbons (Fsp3) is 0.765. The first kappa shape index (κ1) is 59.4. The average molecular weight is 925 g/mol. The highest BCUT2D eigenvalue weighted by molar-refractivity contribution is 7.85. The fourth-order valence-electron chi connectivity index (χ4n) is 7.33. The third kappa shape index (κ3) is 34.7. The van der Waals surface area contributed by atoms with Gasteiger partial charge in [-0.1, -0.05) is 184 Å². The lowest BCUT2D eigenvalue weighted by Crippen LogP contribution is -2.60. The monoisotopic (exact) mass is 925 g/mol. The quantitative estimate of drug-likeness (QED) is 0.0150. The molecule has 0 spiro atoms. The maximum atomic E-state index is 12.9. The minimum absolute atomic E-state index is 0.156. The van der Waals surface area contributed by atoms with Crippen molar-refractivity contribution in [2.75, 3.05) is 19.0 Å². The number of allylic oxidation sites excluding steroid dienone is 10. The lowest BCUT2D eigenvalue weighted by molar-refractivity contribution is -0.297. The molecule has 1 rings (SSSR count). The molecule has 0 aromatic carbocycles. The number of ether oxygens (including phenoxy) is 4. The third-order valence-corrected chi connectivity index (χ3v) is 11.9. The Morgan fingerprint density at radius 3 is 1.52 bits per heavy atom. The van der Waals surface area contributed by atoms with Crippen molar-refractivity contribution >= 4 is 22.1 Å². The van der Waals surface area contributed by atoms with Gasteiger partial charge in [-0.05, 0) is 57.8 Å². The first-order valence-electron chi connectivity index (χ1n) is 24.9. The van der Waals surface area contributed by atoms with Gasteiger partial charge >= 0.3 is 11.9 Å².